The molecule has 1 nitrogen and oxygen atoms in total. The predicted molar refractivity (Wildman–Crippen MR) is 55.3 cm³/mol. The molecule has 1 aromatic rings. The first-order valence-electron chi connectivity index (χ1n) is 4.05. The molecule has 0 unspecified atom stereocenters. The van der Waals surface area contributed by atoms with Gasteiger partial charge in [-0.3, -0.25) is 4.79 Å². The van der Waals surface area contributed by atoms with Crippen LogP contribution < -0.4 is 0 Å². The van der Waals surface area contributed by atoms with Crippen molar-refractivity contribution in [2.75, 3.05) is 0 Å². The highest BCUT2D eigenvalue weighted by Gasteiger charge is 2.04. The third-order valence-electron chi connectivity index (χ3n) is 1.69. The standard InChI is InChI=1S/C11H11ClO/c1-3-4-11(13)9-5-8(2)6-10(12)7-9/h3,5-7H,1,4H2,2H3. The SMILES string of the molecule is C=CCC(=O)c1cc(C)cc(Cl)c1. The maximum absolute atomic E-state index is 11.4. The molecule has 0 heterocycles. The van der Waals surface area contributed by atoms with E-state index in [9.17, 15) is 4.79 Å². The maximum Gasteiger partial charge on any atom is 0.166 e. The van der Waals surface area contributed by atoms with Gasteiger partial charge >= 0.3 is 0 Å². The summed E-state index contributed by atoms with van der Waals surface area (Å²) in [5, 5.41) is 0.604. The van der Waals surface area contributed by atoms with Crippen LogP contribution in [0.15, 0.2) is 30.9 Å². The van der Waals surface area contributed by atoms with E-state index in [1.165, 1.54) is 0 Å². The topological polar surface area (TPSA) is 17.1 Å². The molecule has 0 saturated heterocycles. The van der Waals surface area contributed by atoms with Crippen LogP contribution >= 0.6 is 11.6 Å². The summed E-state index contributed by atoms with van der Waals surface area (Å²) >= 11 is 5.82. The van der Waals surface area contributed by atoms with Gasteiger partial charge in [0.25, 0.3) is 0 Å². The fraction of sp³-hybridized carbons (Fsp3) is 0.182. The minimum atomic E-state index is 0.0561. The van der Waals surface area contributed by atoms with Crippen LogP contribution in [0, 0.1) is 6.92 Å². The molecular weight excluding hydrogens is 184 g/mol. The van der Waals surface area contributed by atoms with Gasteiger partial charge in [-0.25, -0.2) is 0 Å². The molecule has 0 aliphatic rings. The first-order valence-corrected chi connectivity index (χ1v) is 4.42. The summed E-state index contributed by atoms with van der Waals surface area (Å²) in [6.45, 7) is 5.43. The zero-order valence-electron chi connectivity index (χ0n) is 7.51. The van der Waals surface area contributed by atoms with E-state index in [2.05, 4.69) is 6.58 Å². The van der Waals surface area contributed by atoms with Crippen molar-refractivity contribution in [3.8, 4) is 0 Å². The average molecular weight is 195 g/mol. The number of benzene rings is 1. The Morgan fingerprint density at radius 2 is 2.23 bits per heavy atom. The fourth-order valence-corrected chi connectivity index (χ4v) is 1.44. The van der Waals surface area contributed by atoms with Crippen molar-refractivity contribution in [1.29, 1.82) is 0 Å². The molecule has 0 radical (unpaired) electrons. The molecule has 2 heteroatoms. The fourth-order valence-electron chi connectivity index (χ4n) is 1.15. The Morgan fingerprint density at radius 3 is 2.77 bits per heavy atom. The Bertz CT molecular complexity index is 322. The number of halogens is 1. The van der Waals surface area contributed by atoms with Crippen molar-refractivity contribution in [3.63, 3.8) is 0 Å². The summed E-state index contributed by atoms with van der Waals surface area (Å²) < 4.78 is 0. The number of carbonyl (C=O) groups excluding carboxylic acids is 1. The van der Waals surface area contributed by atoms with Crippen molar-refractivity contribution >= 4 is 17.4 Å². The van der Waals surface area contributed by atoms with Crippen LogP contribution in [0.5, 0.6) is 0 Å². The maximum atomic E-state index is 11.4. The number of rotatable bonds is 3. The molecule has 0 aliphatic heterocycles. The van der Waals surface area contributed by atoms with Gasteiger partial charge < -0.3 is 0 Å². The molecule has 0 spiro atoms. The van der Waals surface area contributed by atoms with Gasteiger partial charge in [0.1, 0.15) is 0 Å². The smallest absolute Gasteiger partial charge is 0.166 e. The number of ketones is 1. The van der Waals surface area contributed by atoms with Gasteiger partial charge in [0.15, 0.2) is 5.78 Å². The third kappa shape index (κ3) is 2.71. The number of hydrogen-bond acceptors (Lipinski definition) is 1. The van der Waals surface area contributed by atoms with Crippen molar-refractivity contribution < 1.29 is 4.79 Å². The molecule has 0 atom stereocenters. The van der Waals surface area contributed by atoms with Crippen molar-refractivity contribution in [2.24, 2.45) is 0 Å². The second-order valence-electron chi connectivity index (χ2n) is 2.93. The zero-order valence-corrected chi connectivity index (χ0v) is 8.27. The number of aryl methyl sites for hydroxylation is 1. The molecule has 0 N–H and O–H groups in total. The molecule has 0 saturated carbocycles. The molecule has 0 amide bonds. The second-order valence-corrected chi connectivity index (χ2v) is 3.37. The molecule has 1 aromatic carbocycles. The summed E-state index contributed by atoms with van der Waals surface area (Å²) in [5.74, 6) is 0.0561. The van der Waals surface area contributed by atoms with E-state index < -0.39 is 0 Å². The number of allylic oxidation sites excluding steroid dienone is 1. The van der Waals surface area contributed by atoms with Crippen LogP contribution in [0.2, 0.25) is 5.02 Å². The van der Waals surface area contributed by atoms with Gasteiger partial charge in [0.05, 0.1) is 0 Å². The van der Waals surface area contributed by atoms with E-state index in [-0.39, 0.29) is 5.78 Å². The highest BCUT2D eigenvalue weighted by Crippen LogP contribution is 2.15. The molecule has 0 aromatic heterocycles. The van der Waals surface area contributed by atoms with Crippen molar-refractivity contribution in [3.05, 3.63) is 47.0 Å². The monoisotopic (exact) mass is 194 g/mol. The molecule has 68 valence electrons. The first kappa shape index (κ1) is 10.0. The minimum absolute atomic E-state index is 0.0561. The third-order valence-corrected chi connectivity index (χ3v) is 1.91. The Balaban J connectivity index is 3.00. The first-order chi connectivity index (χ1) is 6.13. The van der Waals surface area contributed by atoms with E-state index in [4.69, 9.17) is 11.6 Å². The summed E-state index contributed by atoms with van der Waals surface area (Å²) in [6.07, 6.45) is 1.96. The molecule has 13 heavy (non-hydrogen) atoms. The van der Waals surface area contributed by atoms with Gasteiger partial charge in [-0.15, -0.1) is 6.58 Å². The molecule has 0 aliphatic carbocycles. The van der Waals surface area contributed by atoms with E-state index >= 15 is 0 Å². The Hall–Kier alpha value is -1.08. The molecule has 0 bridgehead atoms. The Morgan fingerprint density at radius 1 is 1.54 bits per heavy atom. The lowest BCUT2D eigenvalue weighted by molar-refractivity contribution is 0.0996. The predicted octanol–water partition coefficient (Wildman–Crippen LogP) is 3.41. The molecular formula is C11H11ClO. The van der Waals surface area contributed by atoms with E-state index in [0.717, 1.165) is 5.56 Å². The number of hydrogen-bond donors (Lipinski definition) is 0. The highest BCUT2D eigenvalue weighted by atomic mass is 35.5. The Labute approximate surface area is 83.0 Å². The highest BCUT2D eigenvalue weighted by molar-refractivity contribution is 6.31. The van der Waals surface area contributed by atoms with Gasteiger partial charge in [-0.1, -0.05) is 17.7 Å². The summed E-state index contributed by atoms with van der Waals surface area (Å²) in [6, 6.07) is 5.34. The lowest BCUT2D eigenvalue weighted by Gasteiger charge is -2.00. The summed E-state index contributed by atoms with van der Waals surface area (Å²) in [5.41, 5.74) is 1.66. The van der Waals surface area contributed by atoms with Gasteiger partial charge in [-0.2, -0.15) is 0 Å². The van der Waals surface area contributed by atoms with Crippen LogP contribution in [0.4, 0.5) is 0 Å². The minimum Gasteiger partial charge on any atom is -0.294 e. The van der Waals surface area contributed by atoms with Crippen molar-refractivity contribution in [2.45, 2.75) is 13.3 Å². The lowest BCUT2D eigenvalue weighted by Crippen LogP contribution is -1.97. The van der Waals surface area contributed by atoms with Crippen LogP contribution in [0.3, 0.4) is 0 Å². The van der Waals surface area contributed by atoms with E-state index in [1.54, 1.807) is 12.1 Å². The number of carbonyl (C=O) groups is 1. The quantitative estimate of drug-likeness (QED) is 0.533. The molecule has 0 fully saturated rings. The van der Waals surface area contributed by atoms with Gasteiger partial charge in [-0.05, 0) is 30.7 Å². The second kappa shape index (κ2) is 4.24. The van der Waals surface area contributed by atoms with E-state index in [0.29, 0.717) is 17.0 Å². The van der Waals surface area contributed by atoms with Crippen molar-refractivity contribution in [1.82, 2.24) is 0 Å². The Kier molecular flexibility index (Phi) is 3.26. The van der Waals surface area contributed by atoms with Crippen LogP contribution in [0.25, 0.3) is 0 Å². The summed E-state index contributed by atoms with van der Waals surface area (Å²) in [7, 11) is 0. The summed E-state index contributed by atoms with van der Waals surface area (Å²) in [4.78, 5) is 11.4. The van der Waals surface area contributed by atoms with Crippen LogP contribution in [-0.4, -0.2) is 5.78 Å². The molecule has 1 rings (SSSR count). The van der Waals surface area contributed by atoms with Crippen LogP contribution in [0.1, 0.15) is 22.3 Å². The average Bonchev–Trinajstić information content (AvgIpc) is 2.03. The largest absolute Gasteiger partial charge is 0.294 e. The van der Waals surface area contributed by atoms with E-state index in [1.807, 2.05) is 19.1 Å². The zero-order chi connectivity index (χ0) is 9.84. The van der Waals surface area contributed by atoms with Gasteiger partial charge in [0, 0.05) is 17.0 Å². The van der Waals surface area contributed by atoms with Gasteiger partial charge in [0.2, 0.25) is 0 Å². The normalized spacial score (nSPS) is 9.69. The number of Topliss-reactive ketones (excluding diaryl/α,β-unsaturated/α-hetero) is 1. The van der Waals surface area contributed by atoms with Crippen LogP contribution in [-0.2, 0) is 0 Å². The lowest BCUT2D eigenvalue weighted by atomic mass is 10.1.